The lowest BCUT2D eigenvalue weighted by molar-refractivity contribution is -0.141. The molecule has 1 heterocycles. The molecule has 3 unspecified atom stereocenters. The molecule has 0 amide bonds. The smallest absolute Gasteiger partial charge is 0.310 e. The van der Waals surface area contributed by atoms with Crippen molar-refractivity contribution in [2.45, 2.75) is 12.3 Å². The highest BCUT2D eigenvalue weighted by atomic mass is 16.5. The van der Waals surface area contributed by atoms with E-state index in [1.807, 2.05) is 24.3 Å². The van der Waals surface area contributed by atoms with Crippen LogP contribution in [0.1, 0.15) is 22.6 Å². The molecule has 2 aromatic rings. The maximum absolute atomic E-state index is 12.7. The predicted molar refractivity (Wildman–Crippen MR) is 109 cm³/mol. The van der Waals surface area contributed by atoms with Gasteiger partial charge in [-0.05, 0) is 47.4 Å². The molecule has 0 aromatic heterocycles. The van der Waals surface area contributed by atoms with Crippen LogP contribution in [0.3, 0.4) is 0 Å². The fourth-order valence-corrected chi connectivity index (χ4v) is 4.72. The fraction of sp³-hybridized carbons (Fsp3) is 0.435. The normalized spacial score (nSPS) is 21.9. The van der Waals surface area contributed by atoms with Gasteiger partial charge in [0.1, 0.15) is 0 Å². The number of esters is 1. The summed E-state index contributed by atoms with van der Waals surface area (Å²) in [5, 5.41) is 0. The van der Waals surface area contributed by atoms with Crippen LogP contribution in [0.5, 0.6) is 28.7 Å². The third-order valence-corrected chi connectivity index (χ3v) is 6.09. The first-order chi connectivity index (χ1) is 14.6. The maximum atomic E-state index is 12.7. The van der Waals surface area contributed by atoms with Crippen LogP contribution in [0, 0.1) is 11.8 Å². The predicted octanol–water partition coefficient (Wildman–Crippen LogP) is 3.21. The molecule has 0 spiro atoms. The Morgan fingerprint density at radius 3 is 1.97 bits per heavy atom. The first kappa shape index (κ1) is 20.2. The van der Waals surface area contributed by atoms with Gasteiger partial charge in [-0.3, -0.25) is 4.79 Å². The number of carbonyl (C=O) groups excluding carboxylic acids is 1. The monoisotopic (exact) mass is 414 g/mol. The Morgan fingerprint density at radius 1 is 0.800 bits per heavy atom. The van der Waals surface area contributed by atoms with Crippen molar-refractivity contribution in [3.8, 4) is 28.7 Å². The minimum Gasteiger partial charge on any atom is -0.493 e. The summed E-state index contributed by atoms with van der Waals surface area (Å²) in [4.78, 5) is 12.7. The molecule has 1 aliphatic heterocycles. The third kappa shape index (κ3) is 3.09. The van der Waals surface area contributed by atoms with Crippen molar-refractivity contribution >= 4 is 5.97 Å². The van der Waals surface area contributed by atoms with E-state index in [1.54, 1.807) is 35.5 Å². The summed E-state index contributed by atoms with van der Waals surface area (Å²) < 4.78 is 33.1. The molecule has 2 aromatic carbocycles. The van der Waals surface area contributed by atoms with Crippen molar-refractivity contribution in [2.24, 2.45) is 11.8 Å². The standard InChI is InChI=1S/C23H26O7/c1-25-16-7-12-6-14-11-30-23(24)21(14)20(15(12)10-17(16)26-2)13-8-18(27-3)22(29-5)19(9-13)28-4/h7-10,14,20-21H,6,11H2,1-5H3. The molecular weight excluding hydrogens is 388 g/mol. The fourth-order valence-electron chi connectivity index (χ4n) is 4.72. The summed E-state index contributed by atoms with van der Waals surface area (Å²) in [6.45, 7) is 0.415. The average molecular weight is 414 g/mol. The van der Waals surface area contributed by atoms with E-state index in [4.69, 9.17) is 28.4 Å². The van der Waals surface area contributed by atoms with Gasteiger partial charge in [-0.25, -0.2) is 0 Å². The summed E-state index contributed by atoms with van der Waals surface area (Å²) in [6.07, 6.45) is 0.743. The Morgan fingerprint density at radius 2 is 1.40 bits per heavy atom. The highest BCUT2D eigenvalue weighted by Gasteiger charge is 2.48. The highest BCUT2D eigenvalue weighted by Crippen LogP contribution is 2.51. The van der Waals surface area contributed by atoms with E-state index in [-0.39, 0.29) is 23.7 Å². The zero-order valence-corrected chi connectivity index (χ0v) is 17.8. The highest BCUT2D eigenvalue weighted by molar-refractivity contribution is 5.78. The number of benzene rings is 2. The van der Waals surface area contributed by atoms with Gasteiger partial charge in [0.15, 0.2) is 23.0 Å². The van der Waals surface area contributed by atoms with Gasteiger partial charge in [-0.1, -0.05) is 0 Å². The largest absolute Gasteiger partial charge is 0.493 e. The van der Waals surface area contributed by atoms with Crippen molar-refractivity contribution in [1.29, 1.82) is 0 Å². The molecule has 7 nitrogen and oxygen atoms in total. The summed E-state index contributed by atoms with van der Waals surface area (Å²) in [5.41, 5.74) is 3.03. The van der Waals surface area contributed by atoms with Gasteiger partial charge in [0, 0.05) is 11.8 Å². The summed E-state index contributed by atoms with van der Waals surface area (Å²) in [5.74, 6) is 2.27. The minimum absolute atomic E-state index is 0.0900. The Labute approximate surface area is 175 Å². The summed E-state index contributed by atoms with van der Waals surface area (Å²) in [7, 11) is 7.95. The lowest BCUT2D eigenvalue weighted by Crippen LogP contribution is -2.31. The molecule has 1 fully saturated rings. The van der Waals surface area contributed by atoms with Crippen LogP contribution in [0.15, 0.2) is 24.3 Å². The average Bonchev–Trinajstić information content (AvgIpc) is 3.15. The number of fused-ring (bicyclic) bond motifs is 2. The van der Waals surface area contributed by atoms with Crippen LogP contribution in [0.4, 0.5) is 0 Å². The SMILES string of the molecule is COc1cc2c(cc1OC)C(c1cc(OC)c(OC)c(OC)c1)C1C(=O)OCC1C2. The van der Waals surface area contributed by atoms with E-state index in [0.29, 0.717) is 35.4 Å². The number of methoxy groups -OCH3 is 5. The first-order valence-electron chi connectivity index (χ1n) is 9.77. The molecule has 30 heavy (non-hydrogen) atoms. The van der Waals surface area contributed by atoms with Crippen LogP contribution in [0.25, 0.3) is 0 Å². The number of hydrogen-bond acceptors (Lipinski definition) is 7. The second kappa shape index (κ2) is 7.97. The zero-order chi connectivity index (χ0) is 21.4. The lowest BCUT2D eigenvalue weighted by Gasteiger charge is -2.34. The molecule has 160 valence electrons. The topological polar surface area (TPSA) is 72.5 Å². The number of hydrogen-bond donors (Lipinski definition) is 0. The van der Waals surface area contributed by atoms with Crippen LogP contribution >= 0.6 is 0 Å². The van der Waals surface area contributed by atoms with Gasteiger partial charge < -0.3 is 28.4 Å². The van der Waals surface area contributed by atoms with Gasteiger partial charge >= 0.3 is 5.97 Å². The molecule has 1 aliphatic carbocycles. The third-order valence-electron chi connectivity index (χ3n) is 6.09. The van der Waals surface area contributed by atoms with Crippen molar-refractivity contribution < 1.29 is 33.2 Å². The number of rotatable bonds is 6. The number of cyclic esters (lactones) is 1. The molecule has 0 radical (unpaired) electrons. The van der Waals surface area contributed by atoms with Crippen LogP contribution in [-0.4, -0.2) is 48.1 Å². The first-order valence-corrected chi connectivity index (χ1v) is 9.77. The van der Waals surface area contributed by atoms with E-state index in [0.717, 1.165) is 23.1 Å². The molecule has 0 N–H and O–H groups in total. The quantitative estimate of drug-likeness (QED) is 0.672. The lowest BCUT2D eigenvalue weighted by atomic mass is 9.67. The molecular formula is C23H26O7. The van der Waals surface area contributed by atoms with Crippen molar-refractivity contribution in [2.75, 3.05) is 42.2 Å². The van der Waals surface area contributed by atoms with E-state index >= 15 is 0 Å². The van der Waals surface area contributed by atoms with Crippen molar-refractivity contribution in [1.82, 2.24) is 0 Å². The Bertz CT molecular complexity index is 943. The molecule has 2 aliphatic rings. The van der Waals surface area contributed by atoms with Crippen molar-refractivity contribution in [3.63, 3.8) is 0 Å². The van der Waals surface area contributed by atoms with E-state index < -0.39 is 0 Å². The van der Waals surface area contributed by atoms with Gasteiger partial charge in [-0.2, -0.15) is 0 Å². The van der Waals surface area contributed by atoms with Crippen LogP contribution in [0.2, 0.25) is 0 Å². The zero-order valence-electron chi connectivity index (χ0n) is 17.8. The summed E-state index contributed by atoms with van der Waals surface area (Å²) in [6, 6.07) is 7.77. The van der Waals surface area contributed by atoms with E-state index in [1.165, 1.54) is 0 Å². The Balaban J connectivity index is 1.94. The molecule has 0 bridgehead atoms. The van der Waals surface area contributed by atoms with Crippen molar-refractivity contribution in [3.05, 3.63) is 41.0 Å². The molecule has 4 rings (SSSR count). The molecule has 0 saturated carbocycles. The van der Waals surface area contributed by atoms with Gasteiger partial charge in [0.2, 0.25) is 5.75 Å². The minimum atomic E-state index is -0.293. The van der Waals surface area contributed by atoms with Crippen LogP contribution < -0.4 is 23.7 Å². The second-order valence-electron chi connectivity index (χ2n) is 7.46. The van der Waals surface area contributed by atoms with E-state index in [9.17, 15) is 4.79 Å². The molecule has 7 heteroatoms. The Kier molecular flexibility index (Phi) is 5.37. The maximum Gasteiger partial charge on any atom is 0.310 e. The molecule has 3 atom stereocenters. The van der Waals surface area contributed by atoms with E-state index in [2.05, 4.69) is 0 Å². The van der Waals surface area contributed by atoms with Crippen LogP contribution in [-0.2, 0) is 16.0 Å². The second-order valence-corrected chi connectivity index (χ2v) is 7.46. The van der Waals surface area contributed by atoms with Gasteiger partial charge in [-0.15, -0.1) is 0 Å². The number of carbonyl (C=O) groups is 1. The number of ether oxygens (including phenoxy) is 6. The van der Waals surface area contributed by atoms with Gasteiger partial charge in [0.05, 0.1) is 48.1 Å². The van der Waals surface area contributed by atoms with Gasteiger partial charge in [0.25, 0.3) is 0 Å². The summed E-state index contributed by atoms with van der Waals surface area (Å²) >= 11 is 0. The molecule has 1 saturated heterocycles. The Hall–Kier alpha value is -3.09.